The monoisotopic (exact) mass is 290 g/mol. The lowest BCUT2D eigenvalue weighted by molar-refractivity contribution is -0.138. The van der Waals surface area contributed by atoms with E-state index in [9.17, 15) is 9.18 Å². The van der Waals surface area contributed by atoms with Crippen LogP contribution in [-0.4, -0.2) is 5.97 Å². The van der Waals surface area contributed by atoms with E-state index in [2.05, 4.69) is 0 Å². The molecular weight excluding hydrogens is 279 g/mol. The minimum Gasteiger partial charge on any atom is -0.457 e. The molecule has 4 heteroatoms. The number of rotatable bonds is 4. The average Bonchev–Trinajstić information content (AvgIpc) is 2.46. The van der Waals surface area contributed by atoms with Gasteiger partial charge >= 0.3 is 5.97 Å². The van der Waals surface area contributed by atoms with E-state index in [0.717, 1.165) is 5.56 Å². The number of hydrogen-bond acceptors (Lipinski definition) is 2. The van der Waals surface area contributed by atoms with Crippen molar-refractivity contribution in [2.45, 2.75) is 6.61 Å². The Labute approximate surface area is 121 Å². The van der Waals surface area contributed by atoms with E-state index in [-0.39, 0.29) is 17.2 Å². The second kappa shape index (κ2) is 6.87. The Morgan fingerprint density at radius 2 is 1.90 bits per heavy atom. The number of hydrogen-bond donors (Lipinski definition) is 0. The predicted octanol–water partition coefficient (Wildman–Crippen LogP) is 4.24. The topological polar surface area (TPSA) is 26.3 Å². The van der Waals surface area contributed by atoms with Crippen molar-refractivity contribution in [2.24, 2.45) is 0 Å². The molecule has 0 aliphatic heterocycles. The lowest BCUT2D eigenvalue weighted by Gasteiger charge is -2.05. The molecule has 0 heterocycles. The molecule has 2 rings (SSSR count). The zero-order valence-corrected chi connectivity index (χ0v) is 11.3. The van der Waals surface area contributed by atoms with E-state index in [1.807, 2.05) is 30.3 Å². The molecule has 0 fully saturated rings. The first-order valence-electron chi connectivity index (χ1n) is 5.99. The fourth-order valence-electron chi connectivity index (χ4n) is 1.59. The summed E-state index contributed by atoms with van der Waals surface area (Å²) < 4.78 is 18.4. The van der Waals surface area contributed by atoms with Crippen molar-refractivity contribution in [1.82, 2.24) is 0 Å². The first-order chi connectivity index (χ1) is 9.66. The molecule has 0 saturated carbocycles. The van der Waals surface area contributed by atoms with Gasteiger partial charge in [-0.1, -0.05) is 48.0 Å². The van der Waals surface area contributed by atoms with Crippen molar-refractivity contribution < 1.29 is 13.9 Å². The molecule has 0 radical (unpaired) electrons. The Balaban J connectivity index is 1.94. The van der Waals surface area contributed by atoms with Crippen LogP contribution < -0.4 is 0 Å². The third-order valence-corrected chi connectivity index (χ3v) is 2.99. The highest BCUT2D eigenvalue weighted by molar-refractivity contribution is 6.31. The molecular formula is C16H12ClFO2. The van der Waals surface area contributed by atoms with Crippen LogP contribution in [0.5, 0.6) is 0 Å². The third-order valence-electron chi connectivity index (χ3n) is 2.63. The summed E-state index contributed by atoms with van der Waals surface area (Å²) in [6.07, 6.45) is 2.93. The first-order valence-corrected chi connectivity index (χ1v) is 6.37. The van der Waals surface area contributed by atoms with Crippen molar-refractivity contribution >= 4 is 23.6 Å². The smallest absolute Gasteiger partial charge is 0.331 e. The van der Waals surface area contributed by atoms with E-state index in [1.54, 1.807) is 12.1 Å². The molecule has 0 unspecified atom stereocenters. The highest BCUT2D eigenvalue weighted by atomic mass is 35.5. The van der Waals surface area contributed by atoms with Crippen molar-refractivity contribution in [3.63, 3.8) is 0 Å². The van der Waals surface area contributed by atoms with Gasteiger partial charge in [-0.15, -0.1) is 0 Å². The number of benzene rings is 2. The van der Waals surface area contributed by atoms with Crippen molar-refractivity contribution in [1.29, 1.82) is 0 Å². The lowest BCUT2D eigenvalue weighted by Crippen LogP contribution is -2.03. The van der Waals surface area contributed by atoms with Crippen molar-refractivity contribution in [3.05, 3.63) is 76.6 Å². The summed E-state index contributed by atoms with van der Waals surface area (Å²) in [5.41, 5.74) is 1.06. The molecule has 2 aromatic carbocycles. The molecule has 0 amide bonds. The Bertz CT molecular complexity index is 603. The summed E-state index contributed by atoms with van der Waals surface area (Å²) in [4.78, 5) is 11.5. The van der Waals surface area contributed by atoms with Crippen LogP contribution in [0.3, 0.4) is 0 Å². The average molecular weight is 291 g/mol. The summed E-state index contributed by atoms with van der Waals surface area (Å²) in [5.74, 6) is -1.04. The van der Waals surface area contributed by atoms with Gasteiger partial charge in [-0.2, -0.15) is 0 Å². The molecule has 0 bridgehead atoms. The summed E-state index contributed by atoms with van der Waals surface area (Å²) >= 11 is 5.84. The van der Waals surface area contributed by atoms with Gasteiger partial charge in [-0.25, -0.2) is 9.18 Å². The molecule has 2 aromatic rings. The third kappa shape index (κ3) is 3.93. The van der Waals surface area contributed by atoms with Gasteiger partial charge in [0.05, 0.1) is 5.02 Å². The summed E-state index contributed by atoms with van der Waals surface area (Å²) in [7, 11) is 0. The molecule has 2 nitrogen and oxygen atoms in total. The van der Waals surface area contributed by atoms with Gasteiger partial charge in [0.25, 0.3) is 0 Å². The van der Waals surface area contributed by atoms with Crippen LogP contribution in [-0.2, 0) is 16.1 Å². The van der Waals surface area contributed by atoms with Gasteiger partial charge in [0, 0.05) is 11.6 Å². The maximum absolute atomic E-state index is 13.5. The quantitative estimate of drug-likeness (QED) is 0.622. The molecule has 0 aliphatic carbocycles. The van der Waals surface area contributed by atoms with E-state index in [0.29, 0.717) is 0 Å². The minimum atomic E-state index is -0.548. The Morgan fingerprint density at radius 1 is 1.15 bits per heavy atom. The summed E-state index contributed by atoms with van der Waals surface area (Å²) in [5, 5.41) is 0.241. The van der Waals surface area contributed by atoms with Crippen LogP contribution >= 0.6 is 11.6 Å². The second-order valence-electron chi connectivity index (χ2n) is 4.05. The normalized spacial score (nSPS) is 10.7. The maximum Gasteiger partial charge on any atom is 0.331 e. The van der Waals surface area contributed by atoms with E-state index in [4.69, 9.17) is 16.3 Å². The summed E-state index contributed by atoms with van der Waals surface area (Å²) in [6, 6.07) is 13.7. The molecule has 0 saturated heterocycles. The molecule has 102 valence electrons. The van der Waals surface area contributed by atoms with Crippen molar-refractivity contribution in [3.8, 4) is 0 Å². The number of esters is 1. The van der Waals surface area contributed by atoms with Crippen LogP contribution in [0.1, 0.15) is 11.1 Å². The largest absolute Gasteiger partial charge is 0.457 e. The van der Waals surface area contributed by atoms with Gasteiger partial charge in [0.15, 0.2) is 0 Å². The van der Waals surface area contributed by atoms with Crippen LogP contribution in [0.2, 0.25) is 5.02 Å². The lowest BCUT2D eigenvalue weighted by atomic mass is 10.2. The molecule has 20 heavy (non-hydrogen) atoms. The second-order valence-corrected chi connectivity index (χ2v) is 4.46. The number of carbonyl (C=O) groups is 1. The predicted molar refractivity (Wildman–Crippen MR) is 76.7 cm³/mol. The van der Waals surface area contributed by atoms with Crippen molar-refractivity contribution in [2.75, 3.05) is 0 Å². The molecule has 0 N–H and O–H groups in total. The summed E-state index contributed by atoms with van der Waals surface area (Å²) in [6.45, 7) is -0.191. The number of carbonyl (C=O) groups excluding carboxylic acids is 1. The zero-order chi connectivity index (χ0) is 14.4. The molecule has 0 aliphatic rings. The van der Waals surface area contributed by atoms with Gasteiger partial charge in [-0.05, 0) is 23.8 Å². The highest BCUT2D eigenvalue weighted by Crippen LogP contribution is 2.19. The van der Waals surface area contributed by atoms with Gasteiger partial charge in [0.1, 0.15) is 12.4 Å². The van der Waals surface area contributed by atoms with Crippen LogP contribution in [0.15, 0.2) is 54.6 Å². The highest BCUT2D eigenvalue weighted by Gasteiger charge is 2.08. The minimum absolute atomic E-state index is 0.177. The fraction of sp³-hybridized carbons (Fsp3) is 0.0625. The van der Waals surface area contributed by atoms with Crippen LogP contribution in [0.4, 0.5) is 4.39 Å². The van der Waals surface area contributed by atoms with Crippen LogP contribution in [0, 0.1) is 5.82 Å². The fourth-order valence-corrected chi connectivity index (χ4v) is 1.81. The molecule has 0 aromatic heterocycles. The number of halogens is 2. The van der Waals surface area contributed by atoms with Gasteiger partial charge < -0.3 is 4.74 Å². The maximum atomic E-state index is 13.5. The molecule has 0 spiro atoms. The van der Waals surface area contributed by atoms with Gasteiger partial charge in [0.2, 0.25) is 0 Å². The SMILES string of the molecule is O=C(/C=C/c1ccccc1)OCc1c(F)cccc1Cl. The van der Waals surface area contributed by atoms with Crippen LogP contribution in [0.25, 0.3) is 6.08 Å². The standard InChI is InChI=1S/C16H12ClFO2/c17-14-7-4-8-15(18)13(14)11-20-16(19)10-9-12-5-2-1-3-6-12/h1-10H,11H2/b10-9+. The Morgan fingerprint density at radius 3 is 2.60 bits per heavy atom. The first kappa shape index (κ1) is 14.3. The zero-order valence-electron chi connectivity index (χ0n) is 10.6. The number of ether oxygens (including phenoxy) is 1. The van der Waals surface area contributed by atoms with E-state index < -0.39 is 11.8 Å². The van der Waals surface area contributed by atoms with E-state index >= 15 is 0 Å². The van der Waals surface area contributed by atoms with Gasteiger partial charge in [-0.3, -0.25) is 0 Å². The Hall–Kier alpha value is -2.13. The molecule has 0 atom stereocenters. The van der Waals surface area contributed by atoms with E-state index in [1.165, 1.54) is 18.2 Å². The Kier molecular flexibility index (Phi) is 4.91.